The van der Waals surface area contributed by atoms with Crippen LogP contribution in [0, 0.1) is 0 Å². The maximum atomic E-state index is 10.1. The zero-order chi connectivity index (χ0) is 68.9. The first-order valence-electron chi connectivity index (χ1n) is 34.8. The first-order chi connectivity index (χ1) is 43.9. The molecule has 11 aromatic carbocycles. The summed E-state index contributed by atoms with van der Waals surface area (Å²) in [5, 5.41) is -7.88. The van der Waals surface area contributed by atoms with Crippen LogP contribution in [0.1, 0.15) is 46.6 Å². The Morgan fingerprint density at radius 1 is 0.267 bits per heavy atom. The second-order valence-electron chi connectivity index (χ2n) is 13.3. The van der Waals surface area contributed by atoms with E-state index in [1.807, 2.05) is 0 Å². The molecule has 2 aromatic heterocycles. The zero-order valence-corrected chi connectivity index (χ0v) is 29.8. The van der Waals surface area contributed by atoms with Crippen molar-refractivity contribution in [1.29, 1.82) is 0 Å². The number of hydrogen-bond acceptors (Lipinski definition) is 2. The Morgan fingerprint density at radius 2 is 0.733 bits per heavy atom. The van der Waals surface area contributed by atoms with Crippen molar-refractivity contribution in [2.45, 2.75) is 0 Å². The minimum atomic E-state index is -1.19. The third-order valence-electron chi connectivity index (χ3n) is 10.1. The second-order valence-corrected chi connectivity index (χ2v) is 13.3. The highest BCUT2D eigenvalue weighted by molar-refractivity contribution is 6.27. The minimum absolute atomic E-state index is 0.274. The van der Waals surface area contributed by atoms with Crippen molar-refractivity contribution in [1.82, 2.24) is 0 Å². The van der Waals surface area contributed by atoms with Gasteiger partial charge in [0.05, 0.1) is 46.6 Å². The first-order valence-corrected chi connectivity index (χ1v) is 17.8. The number of rotatable bonds is 4. The SMILES string of the molecule is [2H]c1c([2H])c(-c2c3c([2H])c([2H])c([2H])c([2H])c3c(-c3c([2H])c([2H])c(-c4c([2H])c([2H])c5c(oc6c([2H])c([2H])c7oc8c([2H])c([2H])c([2H])c([2H])c8c7c65)c4[2H])c4c([2H])c([2H])c([2H])c([2H])c34)c3c([2H])c([2H])c([2H])c([2H])c23)c([2H])c([2H])c1-c1c([2H])c([2H])c([2H])c2c([2H])c([2H])c([2H])c([2H])c12. The topological polar surface area (TPSA) is 26.3 Å². The van der Waals surface area contributed by atoms with Gasteiger partial charge in [-0.3, -0.25) is 0 Å². The molecule has 278 valence electrons. The fraction of sp³-hybridized carbons (Fsp3) is 0. The fourth-order valence-corrected chi connectivity index (χ4v) is 7.62. The van der Waals surface area contributed by atoms with Crippen LogP contribution in [0.4, 0.5) is 0 Å². The molecule has 13 rings (SSSR count). The molecule has 0 amide bonds. The van der Waals surface area contributed by atoms with E-state index in [0.717, 1.165) is 0 Å². The Labute approximate surface area is 392 Å². The molecule has 0 N–H and O–H groups in total. The molecule has 2 heterocycles. The van der Waals surface area contributed by atoms with Crippen LogP contribution < -0.4 is 0 Å². The van der Waals surface area contributed by atoms with E-state index < -0.39 is 321 Å². The smallest absolute Gasteiger partial charge is 0.136 e. The lowest BCUT2D eigenvalue weighted by atomic mass is 9.83. The van der Waals surface area contributed by atoms with Gasteiger partial charge in [-0.15, -0.1) is 0 Å². The second kappa shape index (κ2) is 12.8. The molecule has 0 bridgehead atoms. The van der Waals surface area contributed by atoms with Crippen LogP contribution >= 0.6 is 0 Å². The van der Waals surface area contributed by atoms with E-state index >= 15 is 0 Å². The molecular weight excluding hydrogens is 729 g/mol. The molecule has 0 aliphatic heterocycles. The number of furan rings is 2. The minimum Gasteiger partial charge on any atom is -0.456 e. The van der Waals surface area contributed by atoms with Gasteiger partial charge in [-0.1, -0.05) is 175 Å². The fourth-order valence-electron chi connectivity index (χ4n) is 7.62. The highest BCUT2D eigenvalue weighted by Crippen LogP contribution is 2.47. The van der Waals surface area contributed by atoms with Crippen LogP contribution in [0.15, 0.2) is 214 Å². The molecule has 0 saturated heterocycles. The standard InChI is InChI=1S/C58H34O2/c1-2-14-39-35(12-1)13-11-22-40(39)36-24-26-37(27-25-36)55-44-17-5-7-19-46(44)56(47-20-8-6-18-45(47)55)48-31-30-41(42-15-3-4-16-43(42)48)38-28-29-50-54(34-38)60-53-33-32-52-57(58(50)53)49-21-9-10-23-51(49)59-52/h1-34H/i1D,2D,3D,4D,5D,6D,7D,8D,9D,10D,11D,12D,13D,14D,15D,16D,17D,18D,19D,20D,21D,22D,23D,24D,25D,26D,27D,28D,29D,30D,31D,32D,33D,34D. The molecule has 0 unspecified atom stereocenters. The van der Waals surface area contributed by atoms with Gasteiger partial charge in [-0.05, 0) is 118 Å². The highest BCUT2D eigenvalue weighted by Gasteiger charge is 2.21. The van der Waals surface area contributed by atoms with Crippen molar-refractivity contribution in [3.8, 4) is 44.5 Å². The summed E-state index contributed by atoms with van der Waals surface area (Å²) in [4.78, 5) is 0. The van der Waals surface area contributed by atoms with Crippen molar-refractivity contribution >= 4 is 87.0 Å². The molecule has 2 heteroatoms. The predicted molar refractivity (Wildman–Crippen MR) is 253 cm³/mol. The zero-order valence-electron chi connectivity index (χ0n) is 63.8. The number of benzene rings is 11. The summed E-state index contributed by atoms with van der Waals surface area (Å²) < 4.78 is 324. The molecule has 13 aromatic rings. The molecular formula is C58H34O2. The Balaban J connectivity index is 1.21. The molecule has 0 saturated carbocycles. The maximum absolute atomic E-state index is 10.1. The molecule has 0 fully saturated rings. The molecule has 2 nitrogen and oxygen atoms in total. The normalized spacial score (nSPS) is 19.9. The third kappa shape index (κ3) is 4.82. The number of fused-ring (bicyclic) bond motifs is 11. The van der Waals surface area contributed by atoms with E-state index in [2.05, 4.69) is 0 Å². The summed E-state index contributed by atoms with van der Waals surface area (Å²) in [6.45, 7) is 0. The molecule has 0 aliphatic rings. The lowest BCUT2D eigenvalue weighted by Gasteiger charge is -2.20. The van der Waals surface area contributed by atoms with Crippen LogP contribution in [0.25, 0.3) is 131 Å². The lowest BCUT2D eigenvalue weighted by molar-refractivity contribution is 0.663. The maximum Gasteiger partial charge on any atom is 0.136 e. The van der Waals surface area contributed by atoms with Crippen LogP contribution in [-0.4, -0.2) is 0 Å². The van der Waals surface area contributed by atoms with Gasteiger partial charge >= 0.3 is 0 Å². The van der Waals surface area contributed by atoms with Crippen molar-refractivity contribution < 1.29 is 55.4 Å². The van der Waals surface area contributed by atoms with E-state index in [1.54, 1.807) is 0 Å². The molecule has 0 aliphatic carbocycles. The van der Waals surface area contributed by atoms with Crippen LogP contribution in [0.2, 0.25) is 0 Å². The largest absolute Gasteiger partial charge is 0.456 e. The van der Waals surface area contributed by atoms with Crippen molar-refractivity contribution in [3.05, 3.63) is 205 Å². The molecule has 0 radical (unpaired) electrons. The monoisotopic (exact) mass is 796 g/mol. The van der Waals surface area contributed by atoms with E-state index in [9.17, 15) is 20.6 Å². The van der Waals surface area contributed by atoms with Crippen molar-refractivity contribution in [3.63, 3.8) is 0 Å². The number of para-hydroxylation sites is 1. The average Bonchev–Trinajstić information content (AvgIpc) is 0.794. The quantitative estimate of drug-likeness (QED) is 0.166. The summed E-state index contributed by atoms with van der Waals surface area (Å²) in [6, 6.07) is -33.6. The van der Waals surface area contributed by atoms with Crippen LogP contribution in [0.3, 0.4) is 0 Å². The third-order valence-corrected chi connectivity index (χ3v) is 10.1. The Hall–Kier alpha value is -7.94. The predicted octanol–water partition coefficient (Wildman–Crippen LogP) is 16.8. The molecule has 60 heavy (non-hydrogen) atoms. The summed E-state index contributed by atoms with van der Waals surface area (Å²) in [6.07, 6.45) is 0. The average molecular weight is 797 g/mol. The van der Waals surface area contributed by atoms with Gasteiger partial charge in [-0.2, -0.15) is 0 Å². The summed E-state index contributed by atoms with van der Waals surface area (Å²) in [5.74, 6) is 0. The Morgan fingerprint density at radius 3 is 1.43 bits per heavy atom. The van der Waals surface area contributed by atoms with Gasteiger partial charge in [0.2, 0.25) is 0 Å². The van der Waals surface area contributed by atoms with Gasteiger partial charge in [0, 0.05) is 21.5 Å². The van der Waals surface area contributed by atoms with Crippen LogP contribution in [-0.2, 0) is 0 Å². The van der Waals surface area contributed by atoms with Gasteiger partial charge in [-0.25, -0.2) is 0 Å². The Kier molecular flexibility index (Phi) is 3.01. The summed E-state index contributed by atoms with van der Waals surface area (Å²) >= 11 is 0. The van der Waals surface area contributed by atoms with Crippen molar-refractivity contribution in [2.24, 2.45) is 0 Å². The lowest BCUT2D eigenvalue weighted by Crippen LogP contribution is -1.92. The summed E-state index contributed by atoms with van der Waals surface area (Å²) in [7, 11) is 0. The van der Waals surface area contributed by atoms with E-state index in [4.69, 9.17) is 34.9 Å². The summed E-state index contributed by atoms with van der Waals surface area (Å²) in [5.41, 5.74) is -9.11. The van der Waals surface area contributed by atoms with Crippen LogP contribution in [0.5, 0.6) is 0 Å². The van der Waals surface area contributed by atoms with Gasteiger partial charge in [0.1, 0.15) is 22.3 Å². The first kappa shape index (κ1) is 14.1. The van der Waals surface area contributed by atoms with Gasteiger partial charge < -0.3 is 8.83 Å². The van der Waals surface area contributed by atoms with E-state index in [1.165, 1.54) is 0 Å². The van der Waals surface area contributed by atoms with E-state index in [-0.39, 0.29) is 16.2 Å². The molecule has 0 spiro atoms. The van der Waals surface area contributed by atoms with Gasteiger partial charge in [0.25, 0.3) is 0 Å². The molecule has 0 atom stereocenters. The van der Waals surface area contributed by atoms with Crippen molar-refractivity contribution in [2.75, 3.05) is 0 Å². The number of hydrogen-bond donors (Lipinski definition) is 0. The van der Waals surface area contributed by atoms with Gasteiger partial charge in [0.15, 0.2) is 0 Å². The van der Waals surface area contributed by atoms with E-state index in [0.29, 0.717) is 0 Å². The Bertz CT molecular complexity index is 5790. The highest BCUT2D eigenvalue weighted by atomic mass is 16.3.